The Morgan fingerprint density at radius 1 is 1.09 bits per heavy atom. The van der Waals surface area contributed by atoms with E-state index in [1.165, 1.54) is 18.2 Å². The van der Waals surface area contributed by atoms with Crippen molar-refractivity contribution in [3.63, 3.8) is 0 Å². The molecule has 2 rings (SSSR count). The number of hydrogen-bond acceptors (Lipinski definition) is 6. The van der Waals surface area contributed by atoms with Crippen molar-refractivity contribution < 1.29 is 21.9 Å². The van der Waals surface area contributed by atoms with E-state index in [0.29, 0.717) is 12.1 Å². The highest BCUT2D eigenvalue weighted by Gasteiger charge is 2.34. The molecule has 8 heteroatoms. The Bertz CT molecular complexity index is 778. The third kappa shape index (κ3) is 4.24. The van der Waals surface area contributed by atoms with Gasteiger partial charge < -0.3 is 10.4 Å². The summed E-state index contributed by atoms with van der Waals surface area (Å²) in [6.45, 7) is 0.0165. The van der Waals surface area contributed by atoms with Gasteiger partial charge in [0.15, 0.2) is 19.7 Å². The van der Waals surface area contributed by atoms with Crippen molar-refractivity contribution in [1.82, 2.24) is 0 Å². The molecule has 0 heterocycles. The van der Waals surface area contributed by atoms with Crippen LogP contribution in [0.15, 0.2) is 28.0 Å². The lowest BCUT2D eigenvalue weighted by Gasteiger charge is -2.32. The summed E-state index contributed by atoms with van der Waals surface area (Å²) in [5, 5.41) is 12.6. The highest BCUT2D eigenvalue weighted by molar-refractivity contribution is 7.91. The first-order chi connectivity index (χ1) is 10.6. The molecule has 0 saturated heterocycles. The first-order valence-corrected chi connectivity index (χ1v) is 11.3. The second-order valence-electron chi connectivity index (χ2n) is 6.29. The molecule has 1 aromatic carbocycles. The lowest BCUT2D eigenvalue weighted by Crippen LogP contribution is -2.36. The maximum absolute atomic E-state index is 12.1. The van der Waals surface area contributed by atoms with Crippen LogP contribution in [0, 0.1) is 0 Å². The standard InChI is InChI=1S/C15H23NO5S2/c1-22(18,19)12-5-6-13(14(11-12)23(2,20)21)16-15(9-10-17)7-3-4-8-15/h5-6,11,16-17H,3-4,7-10H2,1-2H3. The van der Waals surface area contributed by atoms with E-state index in [0.717, 1.165) is 38.2 Å². The maximum Gasteiger partial charge on any atom is 0.177 e. The summed E-state index contributed by atoms with van der Waals surface area (Å²) >= 11 is 0. The lowest BCUT2D eigenvalue weighted by atomic mass is 9.93. The Labute approximate surface area is 137 Å². The van der Waals surface area contributed by atoms with Gasteiger partial charge in [-0.15, -0.1) is 0 Å². The molecule has 0 amide bonds. The Hall–Kier alpha value is -1.12. The molecular weight excluding hydrogens is 338 g/mol. The van der Waals surface area contributed by atoms with Crippen LogP contribution in [0.5, 0.6) is 0 Å². The molecule has 0 radical (unpaired) electrons. The van der Waals surface area contributed by atoms with Gasteiger partial charge in [0.25, 0.3) is 0 Å². The van der Waals surface area contributed by atoms with E-state index in [4.69, 9.17) is 0 Å². The summed E-state index contributed by atoms with van der Waals surface area (Å²) in [6, 6.07) is 4.12. The fourth-order valence-electron chi connectivity index (χ4n) is 3.13. The number of aliphatic hydroxyl groups is 1. The monoisotopic (exact) mass is 361 g/mol. The van der Waals surface area contributed by atoms with Gasteiger partial charge in [-0.2, -0.15) is 0 Å². The second-order valence-corrected chi connectivity index (χ2v) is 10.3. The Kier molecular flexibility index (Phi) is 5.08. The summed E-state index contributed by atoms with van der Waals surface area (Å²) in [6.07, 6.45) is 6.38. The minimum atomic E-state index is -3.59. The topological polar surface area (TPSA) is 101 Å². The van der Waals surface area contributed by atoms with Crippen LogP contribution in [0.4, 0.5) is 5.69 Å². The molecule has 1 aliphatic rings. The number of hydrogen-bond donors (Lipinski definition) is 2. The number of rotatable bonds is 6. The van der Waals surface area contributed by atoms with Crippen LogP contribution in [0.25, 0.3) is 0 Å². The maximum atomic E-state index is 12.1. The molecule has 23 heavy (non-hydrogen) atoms. The molecule has 0 bridgehead atoms. The van der Waals surface area contributed by atoms with Crippen molar-refractivity contribution in [2.75, 3.05) is 24.4 Å². The molecule has 1 saturated carbocycles. The molecule has 1 aromatic rings. The first-order valence-electron chi connectivity index (χ1n) is 7.51. The van der Waals surface area contributed by atoms with Crippen molar-refractivity contribution in [1.29, 1.82) is 0 Å². The van der Waals surface area contributed by atoms with Crippen LogP contribution >= 0.6 is 0 Å². The van der Waals surface area contributed by atoms with Gasteiger partial charge in [0, 0.05) is 24.7 Å². The van der Waals surface area contributed by atoms with Crippen LogP contribution in [-0.4, -0.2) is 46.6 Å². The number of anilines is 1. The van der Waals surface area contributed by atoms with E-state index in [-0.39, 0.29) is 21.9 Å². The molecular formula is C15H23NO5S2. The fourth-order valence-corrected chi connectivity index (χ4v) is 4.71. The van der Waals surface area contributed by atoms with E-state index in [9.17, 15) is 21.9 Å². The molecule has 0 spiro atoms. The largest absolute Gasteiger partial charge is 0.396 e. The third-order valence-corrected chi connectivity index (χ3v) is 6.58. The van der Waals surface area contributed by atoms with E-state index in [1.54, 1.807) is 0 Å². The van der Waals surface area contributed by atoms with E-state index >= 15 is 0 Å². The molecule has 130 valence electrons. The van der Waals surface area contributed by atoms with Crippen LogP contribution in [0.2, 0.25) is 0 Å². The van der Waals surface area contributed by atoms with Gasteiger partial charge in [0.2, 0.25) is 0 Å². The predicted molar refractivity (Wildman–Crippen MR) is 89.2 cm³/mol. The van der Waals surface area contributed by atoms with Gasteiger partial charge in [0.05, 0.1) is 15.5 Å². The lowest BCUT2D eigenvalue weighted by molar-refractivity contribution is 0.249. The summed E-state index contributed by atoms with van der Waals surface area (Å²) in [5.74, 6) is 0. The molecule has 1 fully saturated rings. The number of nitrogens with one attached hydrogen (secondary N) is 1. The van der Waals surface area contributed by atoms with E-state index < -0.39 is 19.7 Å². The summed E-state index contributed by atoms with van der Waals surface area (Å²) in [7, 11) is -7.08. The van der Waals surface area contributed by atoms with Gasteiger partial charge in [-0.1, -0.05) is 12.8 Å². The van der Waals surface area contributed by atoms with Gasteiger partial charge >= 0.3 is 0 Å². The predicted octanol–water partition coefficient (Wildman–Crippen LogP) is 1.60. The van der Waals surface area contributed by atoms with Crippen LogP contribution in [0.1, 0.15) is 32.1 Å². The zero-order chi connectivity index (χ0) is 17.3. The number of benzene rings is 1. The quantitative estimate of drug-likeness (QED) is 0.798. The molecule has 0 aromatic heterocycles. The van der Waals surface area contributed by atoms with E-state index in [2.05, 4.69) is 5.32 Å². The van der Waals surface area contributed by atoms with Gasteiger partial charge in [-0.05, 0) is 37.5 Å². The average Bonchev–Trinajstić information content (AvgIpc) is 2.85. The molecule has 1 aliphatic carbocycles. The Balaban J connectivity index is 2.50. The zero-order valence-electron chi connectivity index (χ0n) is 13.4. The van der Waals surface area contributed by atoms with Gasteiger partial charge in [-0.25, -0.2) is 16.8 Å². The number of aliphatic hydroxyl groups excluding tert-OH is 1. The van der Waals surface area contributed by atoms with E-state index in [1.807, 2.05) is 0 Å². The van der Waals surface area contributed by atoms with Crippen molar-refractivity contribution in [3.05, 3.63) is 18.2 Å². The summed E-state index contributed by atoms with van der Waals surface area (Å²) in [5.41, 5.74) is 0.0658. The second kappa shape index (κ2) is 6.41. The SMILES string of the molecule is CS(=O)(=O)c1ccc(NC2(CCO)CCCC2)c(S(C)(=O)=O)c1. The average molecular weight is 361 g/mol. The first kappa shape index (κ1) is 18.2. The van der Waals surface area contributed by atoms with Crippen molar-refractivity contribution in [2.24, 2.45) is 0 Å². The van der Waals surface area contributed by atoms with Crippen molar-refractivity contribution in [3.8, 4) is 0 Å². The van der Waals surface area contributed by atoms with Gasteiger partial charge in [0.1, 0.15) is 0 Å². The molecule has 0 atom stereocenters. The molecule has 0 unspecified atom stereocenters. The van der Waals surface area contributed by atoms with Crippen molar-refractivity contribution in [2.45, 2.75) is 47.4 Å². The number of sulfone groups is 2. The van der Waals surface area contributed by atoms with Crippen LogP contribution in [0.3, 0.4) is 0 Å². The highest BCUT2D eigenvalue weighted by atomic mass is 32.2. The zero-order valence-corrected chi connectivity index (χ0v) is 15.0. The molecule has 2 N–H and O–H groups in total. The Morgan fingerprint density at radius 3 is 2.17 bits per heavy atom. The Morgan fingerprint density at radius 2 is 1.70 bits per heavy atom. The normalized spacial score (nSPS) is 18.0. The van der Waals surface area contributed by atoms with Crippen molar-refractivity contribution >= 4 is 25.4 Å². The minimum Gasteiger partial charge on any atom is -0.396 e. The minimum absolute atomic E-state index is 0.0165. The van der Waals surface area contributed by atoms with Crippen LogP contribution in [-0.2, 0) is 19.7 Å². The summed E-state index contributed by atoms with van der Waals surface area (Å²) < 4.78 is 47.5. The van der Waals surface area contributed by atoms with Gasteiger partial charge in [-0.3, -0.25) is 0 Å². The van der Waals surface area contributed by atoms with Crippen LogP contribution < -0.4 is 5.32 Å². The summed E-state index contributed by atoms with van der Waals surface area (Å²) in [4.78, 5) is -0.0456. The molecule has 0 aliphatic heterocycles. The third-order valence-electron chi connectivity index (χ3n) is 4.33. The smallest absolute Gasteiger partial charge is 0.177 e. The molecule has 6 nitrogen and oxygen atoms in total. The fraction of sp³-hybridized carbons (Fsp3) is 0.600. The highest BCUT2D eigenvalue weighted by Crippen LogP contribution is 2.37.